The second-order valence-corrected chi connectivity index (χ2v) is 6.30. The van der Waals surface area contributed by atoms with Crippen molar-refractivity contribution in [1.82, 2.24) is 15.0 Å². The molecule has 0 saturated carbocycles. The van der Waals surface area contributed by atoms with Gasteiger partial charge in [0.1, 0.15) is 0 Å². The SMILES string of the molecule is C=CCC1(C(=O)N2CCC(c3nc(C)no3)C2)CCOCC1. The maximum Gasteiger partial charge on any atom is 0.231 e. The molecule has 0 aromatic carbocycles. The third-order valence-electron chi connectivity index (χ3n) is 4.81. The number of carbonyl (C=O) groups excluding carboxylic acids is 1. The maximum absolute atomic E-state index is 13.1. The number of ether oxygens (including phenoxy) is 1. The van der Waals surface area contributed by atoms with Crippen LogP contribution in [0.3, 0.4) is 0 Å². The zero-order valence-electron chi connectivity index (χ0n) is 13.1. The molecule has 2 aliphatic rings. The molecule has 1 unspecified atom stereocenters. The number of likely N-dealkylation sites (tertiary alicyclic amines) is 1. The van der Waals surface area contributed by atoms with Crippen LogP contribution < -0.4 is 0 Å². The molecule has 0 N–H and O–H groups in total. The molecule has 0 aliphatic carbocycles. The molecular weight excluding hydrogens is 282 g/mol. The van der Waals surface area contributed by atoms with Gasteiger partial charge in [0.15, 0.2) is 5.82 Å². The van der Waals surface area contributed by atoms with Crippen molar-refractivity contribution < 1.29 is 14.1 Å². The Hall–Kier alpha value is -1.69. The van der Waals surface area contributed by atoms with Crippen molar-refractivity contribution in [2.75, 3.05) is 26.3 Å². The van der Waals surface area contributed by atoms with E-state index >= 15 is 0 Å². The van der Waals surface area contributed by atoms with Crippen LogP contribution in [0.4, 0.5) is 0 Å². The van der Waals surface area contributed by atoms with Crippen molar-refractivity contribution in [2.24, 2.45) is 5.41 Å². The van der Waals surface area contributed by atoms with Crippen molar-refractivity contribution in [1.29, 1.82) is 0 Å². The summed E-state index contributed by atoms with van der Waals surface area (Å²) in [7, 11) is 0. The molecule has 2 aliphatic heterocycles. The van der Waals surface area contributed by atoms with Gasteiger partial charge in [-0.05, 0) is 32.6 Å². The van der Waals surface area contributed by atoms with Gasteiger partial charge in [0, 0.05) is 26.3 Å². The fourth-order valence-electron chi connectivity index (χ4n) is 3.50. The largest absolute Gasteiger partial charge is 0.381 e. The summed E-state index contributed by atoms with van der Waals surface area (Å²) in [4.78, 5) is 19.3. The summed E-state index contributed by atoms with van der Waals surface area (Å²) in [5.41, 5.74) is -0.334. The molecule has 3 rings (SSSR count). The van der Waals surface area contributed by atoms with E-state index in [4.69, 9.17) is 9.26 Å². The quantitative estimate of drug-likeness (QED) is 0.797. The molecule has 0 bridgehead atoms. The number of hydrogen-bond acceptors (Lipinski definition) is 5. The predicted molar refractivity (Wildman–Crippen MR) is 80.3 cm³/mol. The lowest BCUT2D eigenvalue weighted by molar-refractivity contribution is -0.146. The smallest absolute Gasteiger partial charge is 0.231 e. The van der Waals surface area contributed by atoms with Crippen LogP contribution in [-0.2, 0) is 9.53 Å². The van der Waals surface area contributed by atoms with Crippen LogP contribution in [0.1, 0.15) is 43.3 Å². The first-order valence-corrected chi connectivity index (χ1v) is 7.93. The normalized spacial score (nSPS) is 24.4. The Bertz CT molecular complexity index is 549. The second kappa shape index (κ2) is 6.20. The van der Waals surface area contributed by atoms with E-state index in [1.807, 2.05) is 17.9 Å². The Kier molecular flexibility index (Phi) is 4.29. The zero-order valence-corrected chi connectivity index (χ0v) is 13.1. The molecule has 1 amide bonds. The molecule has 6 nitrogen and oxygen atoms in total. The van der Waals surface area contributed by atoms with Crippen molar-refractivity contribution in [3.63, 3.8) is 0 Å². The van der Waals surface area contributed by atoms with Gasteiger partial charge in [0.2, 0.25) is 11.8 Å². The fourth-order valence-corrected chi connectivity index (χ4v) is 3.50. The Labute approximate surface area is 130 Å². The minimum atomic E-state index is -0.334. The summed E-state index contributed by atoms with van der Waals surface area (Å²) in [5.74, 6) is 1.69. The Morgan fingerprint density at radius 3 is 2.91 bits per heavy atom. The number of aromatic nitrogens is 2. The first kappa shape index (κ1) is 15.2. The van der Waals surface area contributed by atoms with Crippen LogP contribution in [-0.4, -0.2) is 47.3 Å². The monoisotopic (exact) mass is 305 g/mol. The Morgan fingerprint density at radius 2 is 2.27 bits per heavy atom. The number of aryl methyl sites for hydroxylation is 1. The molecular formula is C16H23N3O3. The van der Waals surface area contributed by atoms with Crippen LogP contribution in [0.2, 0.25) is 0 Å². The summed E-state index contributed by atoms with van der Waals surface area (Å²) in [5, 5.41) is 3.84. The van der Waals surface area contributed by atoms with Crippen molar-refractivity contribution >= 4 is 5.91 Å². The number of rotatable bonds is 4. The summed E-state index contributed by atoms with van der Waals surface area (Å²) in [6.45, 7) is 8.37. The molecule has 120 valence electrons. The third kappa shape index (κ3) is 2.79. The fraction of sp³-hybridized carbons (Fsp3) is 0.688. The standard InChI is InChI=1S/C16H23N3O3/c1-3-5-16(6-9-21-10-7-16)15(20)19-8-4-13(11-19)14-17-12(2)18-22-14/h3,13H,1,4-11H2,2H3. The van der Waals surface area contributed by atoms with Gasteiger partial charge in [0.25, 0.3) is 0 Å². The maximum atomic E-state index is 13.1. The molecule has 3 heterocycles. The van der Waals surface area contributed by atoms with Crippen molar-refractivity contribution in [3.8, 4) is 0 Å². The first-order valence-electron chi connectivity index (χ1n) is 7.93. The molecule has 2 saturated heterocycles. The molecule has 2 fully saturated rings. The summed E-state index contributed by atoms with van der Waals surface area (Å²) < 4.78 is 10.7. The molecule has 0 spiro atoms. The average molecular weight is 305 g/mol. The lowest BCUT2D eigenvalue weighted by atomic mass is 9.76. The van der Waals surface area contributed by atoms with Crippen LogP contribution >= 0.6 is 0 Å². The second-order valence-electron chi connectivity index (χ2n) is 6.30. The third-order valence-corrected chi connectivity index (χ3v) is 4.81. The van der Waals surface area contributed by atoms with E-state index in [1.165, 1.54) is 0 Å². The van der Waals surface area contributed by atoms with Crippen LogP contribution in [0.15, 0.2) is 17.2 Å². The van der Waals surface area contributed by atoms with E-state index < -0.39 is 0 Å². The molecule has 1 aromatic heterocycles. The van der Waals surface area contributed by atoms with Crippen molar-refractivity contribution in [3.05, 3.63) is 24.4 Å². The van der Waals surface area contributed by atoms with Gasteiger partial charge < -0.3 is 14.2 Å². The van der Waals surface area contributed by atoms with E-state index in [0.717, 1.165) is 32.2 Å². The molecule has 6 heteroatoms. The van der Waals surface area contributed by atoms with E-state index in [0.29, 0.717) is 31.5 Å². The van der Waals surface area contributed by atoms with Gasteiger partial charge >= 0.3 is 0 Å². The van der Waals surface area contributed by atoms with E-state index in [2.05, 4.69) is 16.7 Å². The van der Waals surface area contributed by atoms with Crippen LogP contribution in [0, 0.1) is 12.3 Å². The minimum Gasteiger partial charge on any atom is -0.381 e. The number of hydrogen-bond donors (Lipinski definition) is 0. The summed E-state index contributed by atoms with van der Waals surface area (Å²) in [6.07, 6.45) is 5.01. The summed E-state index contributed by atoms with van der Waals surface area (Å²) in [6, 6.07) is 0. The van der Waals surface area contributed by atoms with Gasteiger partial charge in [0.05, 0.1) is 11.3 Å². The van der Waals surface area contributed by atoms with Gasteiger partial charge in [-0.15, -0.1) is 6.58 Å². The molecule has 1 aromatic rings. The predicted octanol–water partition coefficient (Wildman–Crippen LogP) is 2.07. The highest BCUT2D eigenvalue weighted by Gasteiger charge is 2.43. The lowest BCUT2D eigenvalue weighted by Gasteiger charge is -2.38. The molecule has 22 heavy (non-hydrogen) atoms. The lowest BCUT2D eigenvalue weighted by Crippen LogP contribution is -2.46. The van der Waals surface area contributed by atoms with E-state index in [1.54, 1.807) is 0 Å². The minimum absolute atomic E-state index is 0.158. The first-order chi connectivity index (χ1) is 10.6. The van der Waals surface area contributed by atoms with Gasteiger partial charge in [-0.2, -0.15) is 4.98 Å². The Morgan fingerprint density at radius 1 is 1.50 bits per heavy atom. The summed E-state index contributed by atoms with van der Waals surface area (Å²) >= 11 is 0. The van der Waals surface area contributed by atoms with Gasteiger partial charge in [-0.25, -0.2) is 0 Å². The van der Waals surface area contributed by atoms with Crippen molar-refractivity contribution in [2.45, 2.75) is 38.5 Å². The zero-order chi connectivity index (χ0) is 15.6. The van der Waals surface area contributed by atoms with E-state index in [9.17, 15) is 4.79 Å². The highest BCUT2D eigenvalue weighted by molar-refractivity contribution is 5.83. The number of amides is 1. The topological polar surface area (TPSA) is 68.5 Å². The number of carbonyl (C=O) groups is 1. The highest BCUT2D eigenvalue weighted by atomic mass is 16.5. The van der Waals surface area contributed by atoms with Crippen LogP contribution in [0.25, 0.3) is 0 Å². The molecule has 1 atom stereocenters. The average Bonchev–Trinajstić information content (AvgIpc) is 3.16. The Balaban J connectivity index is 1.70. The van der Waals surface area contributed by atoms with Gasteiger partial charge in [-0.3, -0.25) is 4.79 Å². The number of allylic oxidation sites excluding steroid dienone is 1. The van der Waals surface area contributed by atoms with Gasteiger partial charge in [-0.1, -0.05) is 11.2 Å². The highest BCUT2D eigenvalue weighted by Crippen LogP contribution is 2.39. The van der Waals surface area contributed by atoms with E-state index in [-0.39, 0.29) is 17.2 Å². The van der Waals surface area contributed by atoms with Crippen LogP contribution in [0.5, 0.6) is 0 Å². The number of nitrogens with zero attached hydrogens (tertiary/aromatic N) is 3. The molecule has 0 radical (unpaired) electrons.